The molecule has 4 unspecified atom stereocenters. The predicted octanol–water partition coefficient (Wildman–Crippen LogP) is 5.40. The van der Waals surface area contributed by atoms with Crippen LogP contribution in [-0.2, 0) is 41.7 Å². The zero-order valence-corrected chi connectivity index (χ0v) is 28.9. The fourth-order valence-electron chi connectivity index (χ4n) is 7.63. The van der Waals surface area contributed by atoms with Crippen LogP contribution in [0.4, 0.5) is 13.2 Å². The first-order chi connectivity index (χ1) is 25.1. The van der Waals surface area contributed by atoms with Crippen LogP contribution in [0.3, 0.4) is 0 Å². The van der Waals surface area contributed by atoms with Crippen LogP contribution in [0.5, 0.6) is 0 Å². The Morgan fingerprint density at radius 1 is 0.865 bits per heavy atom. The number of aliphatic hydroxyl groups excluding tert-OH is 1. The number of alkyl halides is 3. The van der Waals surface area contributed by atoms with Gasteiger partial charge in [0.1, 0.15) is 6.04 Å². The maximum Gasteiger partial charge on any atom is 0.471 e. The number of hydrogen-bond acceptors (Lipinski definition) is 8. The number of rotatable bonds is 9. The van der Waals surface area contributed by atoms with Gasteiger partial charge in [-0.3, -0.25) is 9.59 Å². The van der Waals surface area contributed by atoms with Gasteiger partial charge < -0.3 is 39.2 Å². The lowest BCUT2D eigenvalue weighted by molar-refractivity contribution is -0.255. The highest BCUT2D eigenvalue weighted by molar-refractivity contribution is 5.90. The number of ether oxygens (including phenoxy) is 4. The second kappa shape index (κ2) is 15.6. The zero-order chi connectivity index (χ0) is 36.3. The molecule has 1 spiro atoms. The van der Waals surface area contributed by atoms with Crippen LogP contribution in [0.2, 0.25) is 0 Å². The van der Waals surface area contributed by atoms with Gasteiger partial charge in [0.05, 0.1) is 32.0 Å². The first-order valence-corrected chi connectivity index (χ1v) is 17.9. The summed E-state index contributed by atoms with van der Waals surface area (Å²) in [6.07, 6.45) is -3.06. The number of nitrogens with one attached hydrogen (secondary N) is 1. The Kier molecular flexibility index (Phi) is 11.0. The Labute approximate surface area is 300 Å². The summed E-state index contributed by atoms with van der Waals surface area (Å²) in [6, 6.07) is 22.2. The van der Waals surface area contributed by atoms with E-state index >= 15 is 0 Å². The first kappa shape index (κ1) is 36.5. The molecule has 4 saturated heterocycles. The Morgan fingerprint density at radius 3 is 2.27 bits per heavy atom. The van der Waals surface area contributed by atoms with Gasteiger partial charge in [0.15, 0.2) is 12.1 Å². The molecule has 4 aliphatic heterocycles. The lowest BCUT2D eigenvalue weighted by Crippen LogP contribution is -2.50. The van der Waals surface area contributed by atoms with Gasteiger partial charge in [-0.25, -0.2) is 0 Å². The molecule has 4 heterocycles. The van der Waals surface area contributed by atoms with Crippen LogP contribution in [0.15, 0.2) is 72.8 Å². The maximum absolute atomic E-state index is 13.0. The molecule has 3 aromatic carbocycles. The van der Waals surface area contributed by atoms with Crippen molar-refractivity contribution in [3.8, 4) is 11.1 Å². The maximum atomic E-state index is 13.0. The molecule has 278 valence electrons. The van der Waals surface area contributed by atoms with Crippen LogP contribution in [0.1, 0.15) is 66.8 Å². The van der Waals surface area contributed by atoms with Crippen LogP contribution in [-0.4, -0.2) is 90.2 Å². The van der Waals surface area contributed by atoms with Gasteiger partial charge in [-0.05, 0) is 46.7 Å². The summed E-state index contributed by atoms with van der Waals surface area (Å²) in [7, 11) is 0. The first-order valence-electron chi connectivity index (χ1n) is 17.9. The quantitative estimate of drug-likeness (QED) is 0.302. The van der Waals surface area contributed by atoms with Crippen molar-refractivity contribution in [2.24, 2.45) is 0 Å². The topological polar surface area (TPSA) is 110 Å². The van der Waals surface area contributed by atoms with Crippen molar-refractivity contribution in [1.82, 2.24) is 15.1 Å². The molecule has 13 heteroatoms. The van der Waals surface area contributed by atoms with E-state index < -0.39 is 36.1 Å². The van der Waals surface area contributed by atoms with Gasteiger partial charge >= 0.3 is 12.1 Å². The molecule has 10 nitrogen and oxygen atoms in total. The number of carbonyl (C=O) groups excluding carboxylic acids is 2. The minimum atomic E-state index is -5.02. The number of benzene rings is 3. The van der Waals surface area contributed by atoms with E-state index in [1.54, 1.807) is 0 Å². The number of piperidine rings is 1. The molecule has 52 heavy (non-hydrogen) atoms. The highest BCUT2D eigenvalue weighted by Crippen LogP contribution is 2.40. The molecule has 7 rings (SSSR count). The van der Waals surface area contributed by atoms with Crippen molar-refractivity contribution >= 4 is 11.8 Å². The molecule has 4 atom stereocenters. The smallest absolute Gasteiger partial charge is 0.392 e. The molecule has 2 N–H and O–H groups in total. The molecule has 0 saturated carbocycles. The minimum Gasteiger partial charge on any atom is -0.392 e. The van der Waals surface area contributed by atoms with Crippen molar-refractivity contribution in [3.63, 3.8) is 0 Å². The van der Waals surface area contributed by atoms with Crippen LogP contribution in [0.25, 0.3) is 11.1 Å². The Morgan fingerprint density at radius 2 is 1.58 bits per heavy atom. The highest BCUT2D eigenvalue weighted by atomic mass is 19.4. The van der Waals surface area contributed by atoms with Gasteiger partial charge in [0.2, 0.25) is 5.91 Å². The zero-order valence-electron chi connectivity index (χ0n) is 28.9. The number of hydrogen-bond donors (Lipinski definition) is 2. The third-order valence-electron chi connectivity index (χ3n) is 10.5. The molecular weight excluding hydrogens is 679 g/mol. The third-order valence-corrected chi connectivity index (χ3v) is 10.5. The summed E-state index contributed by atoms with van der Waals surface area (Å²) in [6.45, 7) is 3.74. The molecule has 0 aliphatic carbocycles. The fourth-order valence-corrected chi connectivity index (χ4v) is 7.63. The van der Waals surface area contributed by atoms with Crippen molar-refractivity contribution in [2.45, 2.75) is 81.8 Å². The van der Waals surface area contributed by atoms with Gasteiger partial charge in [0, 0.05) is 57.5 Å². The van der Waals surface area contributed by atoms with E-state index in [4.69, 9.17) is 18.9 Å². The van der Waals surface area contributed by atoms with Crippen LogP contribution < -0.4 is 5.32 Å². The normalized spacial score (nSPS) is 25.0. The summed E-state index contributed by atoms with van der Waals surface area (Å²) >= 11 is 0. The van der Waals surface area contributed by atoms with E-state index in [-0.39, 0.29) is 38.3 Å². The number of nitrogens with zero attached hydrogens (tertiary/aromatic N) is 2. The van der Waals surface area contributed by atoms with E-state index in [1.165, 1.54) is 0 Å². The van der Waals surface area contributed by atoms with Gasteiger partial charge in [-0.15, -0.1) is 0 Å². The molecule has 4 aliphatic rings. The third kappa shape index (κ3) is 8.35. The average molecular weight is 724 g/mol. The monoisotopic (exact) mass is 723 g/mol. The summed E-state index contributed by atoms with van der Waals surface area (Å²) in [5.41, 5.74) is 5.33. The van der Waals surface area contributed by atoms with E-state index in [0.29, 0.717) is 31.0 Å². The van der Waals surface area contributed by atoms with Crippen LogP contribution in [0, 0.1) is 0 Å². The van der Waals surface area contributed by atoms with Crippen molar-refractivity contribution in [1.29, 1.82) is 0 Å². The van der Waals surface area contributed by atoms with E-state index in [9.17, 15) is 27.9 Å². The summed E-state index contributed by atoms with van der Waals surface area (Å²) in [4.78, 5) is 27.6. The molecular formula is C39H44F3N3O7. The number of likely N-dealkylation sites (tertiary alicyclic amines) is 2. The Balaban J connectivity index is 1.01. The van der Waals surface area contributed by atoms with Crippen LogP contribution >= 0.6 is 0 Å². The van der Waals surface area contributed by atoms with E-state index in [0.717, 1.165) is 65.9 Å². The van der Waals surface area contributed by atoms with Crippen molar-refractivity contribution < 1.29 is 46.8 Å². The lowest BCUT2D eigenvalue weighted by atomic mass is 9.98. The average Bonchev–Trinajstić information content (AvgIpc) is 3.85. The van der Waals surface area contributed by atoms with Gasteiger partial charge in [-0.1, -0.05) is 66.7 Å². The predicted molar refractivity (Wildman–Crippen MR) is 183 cm³/mol. The van der Waals surface area contributed by atoms with Crippen molar-refractivity contribution in [2.75, 3.05) is 39.4 Å². The molecule has 3 aromatic rings. The number of carbonyl (C=O) groups is 2. The number of halogens is 3. The fraction of sp³-hybridized carbons (Fsp3) is 0.487. The van der Waals surface area contributed by atoms with Gasteiger partial charge in [0.25, 0.3) is 0 Å². The number of aliphatic hydroxyl groups is 1. The molecule has 4 fully saturated rings. The van der Waals surface area contributed by atoms with E-state index in [1.807, 2.05) is 72.8 Å². The van der Waals surface area contributed by atoms with Gasteiger partial charge in [-0.2, -0.15) is 13.2 Å². The number of amides is 2. The summed E-state index contributed by atoms with van der Waals surface area (Å²) in [5.74, 6) is -3.02. The summed E-state index contributed by atoms with van der Waals surface area (Å²) in [5, 5.41) is 12.3. The molecule has 2 amide bonds. The molecule has 0 radical (unpaired) electrons. The Bertz CT molecular complexity index is 1690. The highest BCUT2D eigenvalue weighted by Gasteiger charge is 2.47. The second-order valence-electron chi connectivity index (χ2n) is 14.0. The van der Waals surface area contributed by atoms with Crippen molar-refractivity contribution in [3.05, 3.63) is 95.1 Å². The SMILES string of the molecule is O=C(NCc1cccc(-c2ccc(C3OC(CN4CCC5(CC4)OCCO5)CC(c4ccc(CO)cc4)O3)cc2)c1)C1CCCN1C(=O)C(F)(F)F. The van der Waals surface area contributed by atoms with E-state index in [2.05, 4.69) is 10.2 Å². The molecule has 0 aromatic heterocycles. The second-order valence-corrected chi connectivity index (χ2v) is 14.0. The summed E-state index contributed by atoms with van der Waals surface area (Å²) < 4.78 is 64.1. The standard InChI is InChI=1S/C39H44F3N3O7/c40-39(41,42)37(48)45-16-2-5-33(45)35(47)43-23-27-3-1-4-31(21-27)28-10-12-30(13-11-28)36-51-32(22-34(52-36)29-8-6-26(25-46)7-9-29)24-44-17-14-38(15-18-44)49-19-20-50-38/h1,3-4,6-13,21,32-34,36,46H,2,5,14-20,22-25H2,(H,43,47). The molecule has 0 bridgehead atoms. The lowest BCUT2D eigenvalue weighted by Gasteiger charge is -2.41. The Hall–Kier alpha value is -3.85. The minimum absolute atomic E-state index is 0.0271. The largest absolute Gasteiger partial charge is 0.471 e.